The van der Waals surface area contributed by atoms with Crippen LogP contribution in [0.3, 0.4) is 0 Å². The Morgan fingerprint density at radius 3 is 2.74 bits per heavy atom. The molecule has 0 saturated carbocycles. The summed E-state index contributed by atoms with van der Waals surface area (Å²) in [7, 11) is 0. The van der Waals surface area contributed by atoms with Crippen LogP contribution in [0.5, 0.6) is 0 Å². The van der Waals surface area contributed by atoms with Gasteiger partial charge < -0.3 is 15.6 Å². The van der Waals surface area contributed by atoms with E-state index >= 15 is 0 Å². The maximum absolute atomic E-state index is 12.1. The number of thioether (sulfide) groups is 1. The number of carboxylic acid groups (broad SMARTS) is 1. The molecule has 2 aliphatic rings. The van der Waals surface area contributed by atoms with Gasteiger partial charge in [-0.1, -0.05) is 0 Å². The van der Waals surface area contributed by atoms with Crippen LogP contribution < -0.4 is 5.73 Å². The molecule has 10 heteroatoms. The first kappa shape index (κ1) is 14.0. The molecular formula is C9H9F3N2O4S. The zero-order chi connectivity index (χ0) is 14.4. The zero-order valence-electron chi connectivity index (χ0n) is 9.31. The van der Waals surface area contributed by atoms with Gasteiger partial charge in [0, 0.05) is 0 Å². The summed E-state index contributed by atoms with van der Waals surface area (Å²) >= 11 is 1.07. The van der Waals surface area contributed by atoms with Gasteiger partial charge in [-0.05, 0) is 0 Å². The second kappa shape index (κ2) is 4.60. The van der Waals surface area contributed by atoms with Gasteiger partial charge in [0.15, 0.2) is 12.3 Å². The molecular weight excluding hydrogens is 289 g/mol. The Morgan fingerprint density at radius 1 is 1.58 bits per heavy atom. The largest absolute Gasteiger partial charge is 0.485 e. The quantitative estimate of drug-likeness (QED) is 0.718. The lowest BCUT2D eigenvalue weighted by Gasteiger charge is -2.47. The number of carbonyl (C=O) groups is 2. The number of ether oxygens (including phenoxy) is 1. The third kappa shape index (κ3) is 2.50. The molecule has 1 saturated heterocycles. The van der Waals surface area contributed by atoms with E-state index in [0.29, 0.717) is 0 Å². The van der Waals surface area contributed by atoms with Gasteiger partial charge in [0.25, 0.3) is 0 Å². The molecule has 0 aliphatic carbocycles. The Hall–Kier alpha value is -1.42. The average Bonchev–Trinajstić information content (AvgIpc) is 2.32. The van der Waals surface area contributed by atoms with Gasteiger partial charge in [0.2, 0.25) is 5.91 Å². The molecule has 2 aliphatic heterocycles. The zero-order valence-corrected chi connectivity index (χ0v) is 10.1. The van der Waals surface area contributed by atoms with Crippen LogP contribution >= 0.6 is 11.8 Å². The number of β-lactam (4-membered cyclic amide) rings is 1. The van der Waals surface area contributed by atoms with E-state index in [1.54, 1.807) is 0 Å². The first-order valence-electron chi connectivity index (χ1n) is 5.08. The van der Waals surface area contributed by atoms with Crippen LogP contribution in [0, 0.1) is 0 Å². The molecule has 0 aromatic carbocycles. The molecule has 2 heterocycles. The highest BCUT2D eigenvalue weighted by molar-refractivity contribution is 8.00. The van der Waals surface area contributed by atoms with Gasteiger partial charge in [-0.3, -0.25) is 9.69 Å². The van der Waals surface area contributed by atoms with Crippen LogP contribution in [0.15, 0.2) is 11.5 Å². The van der Waals surface area contributed by atoms with Gasteiger partial charge in [-0.15, -0.1) is 11.8 Å². The number of nitrogens with two attached hydrogens (primary N) is 1. The molecule has 0 radical (unpaired) electrons. The molecule has 19 heavy (non-hydrogen) atoms. The molecule has 2 rings (SSSR count). The van der Waals surface area contributed by atoms with Crippen molar-refractivity contribution in [2.75, 3.05) is 12.4 Å². The van der Waals surface area contributed by atoms with Crippen molar-refractivity contribution in [2.24, 2.45) is 5.73 Å². The van der Waals surface area contributed by atoms with Gasteiger partial charge in [0.05, 0.1) is 5.75 Å². The number of rotatable bonds is 3. The first-order valence-corrected chi connectivity index (χ1v) is 6.13. The van der Waals surface area contributed by atoms with Crippen molar-refractivity contribution >= 4 is 23.6 Å². The minimum atomic E-state index is -4.58. The number of fused-ring (bicyclic) bond motifs is 1. The van der Waals surface area contributed by atoms with E-state index in [1.807, 2.05) is 0 Å². The molecule has 0 bridgehead atoms. The molecule has 1 fully saturated rings. The molecule has 0 spiro atoms. The monoisotopic (exact) mass is 298 g/mol. The van der Waals surface area contributed by atoms with Crippen LogP contribution in [0.1, 0.15) is 0 Å². The number of alkyl halides is 3. The maximum Gasteiger partial charge on any atom is 0.422 e. The SMILES string of the molecule is N[C@@H]1C(=O)N2C(C(=O)O)=C(OCC(F)(F)F)CS[C@@H]12. The molecule has 3 N–H and O–H groups in total. The average molecular weight is 298 g/mol. The number of hydrogen-bond donors (Lipinski definition) is 2. The number of aliphatic carboxylic acids is 1. The summed E-state index contributed by atoms with van der Waals surface area (Å²) in [6, 6.07) is -0.830. The Morgan fingerprint density at radius 2 is 2.21 bits per heavy atom. The fourth-order valence-electron chi connectivity index (χ4n) is 1.77. The lowest BCUT2D eigenvalue weighted by Crippen LogP contribution is -2.68. The Labute approximate surface area is 109 Å². The van der Waals surface area contributed by atoms with Crippen molar-refractivity contribution in [1.29, 1.82) is 0 Å². The van der Waals surface area contributed by atoms with Crippen molar-refractivity contribution in [1.82, 2.24) is 4.90 Å². The molecule has 6 nitrogen and oxygen atoms in total. The number of hydrogen-bond acceptors (Lipinski definition) is 5. The second-order valence-electron chi connectivity index (χ2n) is 3.92. The predicted molar refractivity (Wildman–Crippen MR) is 57.7 cm³/mol. The molecule has 2 atom stereocenters. The summed E-state index contributed by atoms with van der Waals surface area (Å²) in [5, 5.41) is 8.44. The van der Waals surface area contributed by atoms with Gasteiger partial charge >= 0.3 is 12.1 Å². The maximum atomic E-state index is 12.1. The Bertz CT molecular complexity index is 465. The van der Waals surface area contributed by atoms with E-state index in [4.69, 9.17) is 10.8 Å². The van der Waals surface area contributed by atoms with Gasteiger partial charge in [0.1, 0.15) is 17.2 Å². The number of nitrogens with zero attached hydrogens (tertiary/aromatic N) is 1. The fourth-order valence-corrected chi connectivity index (χ4v) is 2.99. The van der Waals surface area contributed by atoms with Gasteiger partial charge in [-0.2, -0.15) is 13.2 Å². The number of carboxylic acids is 1. The lowest BCUT2D eigenvalue weighted by molar-refractivity contribution is -0.166. The summed E-state index contributed by atoms with van der Waals surface area (Å²) in [5.74, 6) is -2.59. The summed E-state index contributed by atoms with van der Waals surface area (Å²) in [5.41, 5.74) is 4.92. The van der Waals surface area contributed by atoms with Gasteiger partial charge in [-0.25, -0.2) is 4.79 Å². The van der Waals surface area contributed by atoms with Crippen molar-refractivity contribution in [3.8, 4) is 0 Å². The highest BCUT2D eigenvalue weighted by Crippen LogP contribution is 2.39. The molecule has 0 unspecified atom stereocenters. The normalized spacial score (nSPS) is 26.9. The summed E-state index contributed by atoms with van der Waals surface area (Å²) in [6.07, 6.45) is -4.58. The van der Waals surface area contributed by atoms with Crippen LogP contribution in [0.25, 0.3) is 0 Å². The number of halogens is 3. The molecule has 106 valence electrons. The van der Waals surface area contributed by atoms with E-state index in [2.05, 4.69) is 4.74 Å². The van der Waals surface area contributed by atoms with Crippen LogP contribution in [-0.2, 0) is 14.3 Å². The van der Waals surface area contributed by atoms with Crippen LogP contribution in [-0.4, -0.2) is 51.8 Å². The van der Waals surface area contributed by atoms with E-state index in [1.165, 1.54) is 0 Å². The molecule has 0 aromatic rings. The topological polar surface area (TPSA) is 92.9 Å². The Balaban J connectivity index is 2.23. The summed E-state index contributed by atoms with van der Waals surface area (Å²) in [6.45, 7) is -1.60. The predicted octanol–water partition coefficient (Wildman–Crippen LogP) is 0.104. The second-order valence-corrected chi connectivity index (χ2v) is 5.02. The standard InChI is InChI=1S/C9H9F3N2O4S/c10-9(11,12)2-18-3-1-19-7-4(13)6(15)14(7)5(3)8(16)17/h4,7H,1-2,13H2,(H,16,17)/t4-,7+/m1/s1. The van der Waals surface area contributed by atoms with Crippen molar-refractivity contribution in [3.05, 3.63) is 11.5 Å². The van der Waals surface area contributed by atoms with Crippen LogP contribution in [0.2, 0.25) is 0 Å². The Kier molecular flexibility index (Phi) is 3.39. The molecule has 0 aromatic heterocycles. The van der Waals surface area contributed by atoms with Crippen molar-refractivity contribution in [3.63, 3.8) is 0 Å². The number of carbonyl (C=O) groups excluding carboxylic acids is 1. The van der Waals surface area contributed by atoms with E-state index in [-0.39, 0.29) is 11.5 Å². The van der Waals surface area contributed by atoms with Crippen molar-refractivity contribution in [2.45, 2.75) is 17.6 Å². The fraction of sp³-hybridized carbons (Fsp3) is 0.556. The highest BCUT2D eigenvalue weighted by Gasteiger charge is 2.52. The van der Waals surface area contributed by atoms with Crippen molar-refractivity contribution < 1.29 is 32.6 Å². The minimum Gasteiger partial charge on any atom is -0.485 e. The molecule has 1 amide bonds. The van der Waals surface area contributed by atoms with E-state index in [9.17, 15) is 22.8 Å². The highest BCUT2D eigenvalue weighted by atomic mass is 32.2. The first-order chi connectivity index (χ1) is 8.72. The third-order valence-electron chi connectivity index (χ3n) is 2.59. The summed E-state index contributed by atoms with van der Waals surface area (Å²) < 4.78 is 40.7. The number of amides is 1. The lowest BCUT2D eigenvalue weighted by atomic mass is 10.1. The minimum absolute atomic E-state index is 0.0696. The van der Waals surface area contributed by atoms with Crippen LogP contribution in [0.4, 0.5) is 13.2 Å². The third-order valence-corrected chi connectivity index (χ3v) is 3.86. The summed E-state index contributed by atoms with van der Waals surface area (Å²) in [4.78, 5) is 23.4. The van der Waals surface area contributed by atoms with E-state index < -0.39 is 41.8 Å². The smallest absolute Gasteiger partial charge is 0.422 e. The van der Waals surface area contributed by atoms with E-state index in [0.717, 1.165) is 16.7 Å².